The number of aryl methyl sites for hydroxylation is 2. The molecule has 1 heterocycles. The van der Waals surface area contributed by atoms with Crippen LogP contribution in [0.2, 0.25) is 0 Å². The van der Waals surface area contributed by atoms with Crippen molar-refractivity contribution in [3.05, 3.63) is 29.3 Å². The first-order valence-electron chi connectivity index (χ1n) is 8.65. The van der Waals surface area contributed by atoms with Gasteiger partial charge in [0.1, 0.15) is 18.0 Å². The number of carbonyl (C=O) groups is 1. The third-order valence-electron chi connectivity index (χ3n) is 5.05. The fourth-order valence-electron chi connectivity index (χ4n) is 3.16. The Balaban J connectivity index is 1.56. The molecule has 1 saturated carbocycles. The summed E-state index contributed by atoms with van der Waals surface area (Å²) in [6.07, 6.45) is 4.53. The number of rotatable bonds is 5. The molecule has 4 heteroatoms. The van der Waals surface area contributed by atoms with E-state index in [0.717, 1.165) is 18.7 Å². The number of amides is 1. The Kier molecular flexibility index (Phi) is 4.62. The van der Waals surface area contributed by atoms with E-state index in [1.807, 2.05) is 23.1 Å². The highest BCUT2D eigenvalue weighted by Crippen LogP contribution is 2.34. The first kappa shape index (κ1) is 16.3. The van der Waals surface area contributed by atoms with Gasteiger partial charge in [0, 0.05) is 13.0 Å². The molecule has 0 radical (unpaired) electrons. The van der Waals surface area contributed by atoms with E-state index in [1.165, 1.54) is 24.0 Å². The van der Waals surface area contributed by atoms with Gasteiger partial charge in [-0.15, -0.1) is 0 Å². The molecule has 1 saturated heterocycles. The van der Waals surface area contributed by atoms with Gasteiger partial charge >= 0.3 is 0 Å². The molecule has 0 spiro atoms. The molecule has 1 aliphatic carbocycles. The molecule has 1 atom stereocenters. The zero-order valence-corrected chi connectivity index (χ0v) is 14.2. The maximum absolute atomic E-state index is 12.3. The Labute approximate surface area is 138 Å². The van der Waals surface area contributed by atoms with Gasteiger partial charge in [-0.05, 0) is 68.7 Å². The van der Waals surface area contributed by atoms with Crippen molar-refractivity contribution in [2.75, 3.05) is 19.7 Å². The van der Waals surface area contributed by atoms with Gasteiger partial charge in [0.25, 0.3) is 0 Å². The van der Waals surface area contributed by atoms with E-state index < -0.39 is 5.60 Å². The minimum absolute atomic E-state index is 0.191. The molecular formula is C19H27NO3. The van der Waals surface area contributed by atoms with Crippen LogP contribution in [0.5, 0.6) is 5.75 Å². The Bertz CT molecular complexity index is 582. The Morgan fingerprint density at radius 3 is 2.83 bits per heavy atom. The molecule has 1 amide bonds. The summed E-state index contributed by atoms with van der Waals surface area (Å²) in [6, 6.07) is 5.96. The van der Waals surface area contributed by atoms with Crippen LogP contribution >= 0.6 is 0 Å². The Hall–Kier alpha value is -1.55. The zero-order chi connectivity index (χ0) is 16.4. The van der Waals surface area contributed by atoms with Crippen LogP contribution < -0.4 is 4.74 Å². The first-order valence-corrected chi connectivity index (χ1v) is 8.65. The number of benzene rings is 1. The molecular weight excluding hydrogens is 290 g/mol. The minimum atomic E-state index is -0.934. The number of carbonyl (C=O) groups excluding carboxylic acids is 1. The second-order valence-corrected chi connectivity index (χ2v) is 7.33. The van der Waals surface area contributed by atoms with E-state index in [0.29, 0.717) is 25.3 Å². The largest absolute Gasteiger partial charge is 0.491 e. The maximum atomic E-state index is 12.3. The molecule has 1 aliphatic heterocycles. The van der Waals surface area contributed by atoms with Crippen molar-refractivity contribution in [1.82, 2.24) is 4.90 Å². The van der Waals surface area contributed by atoms with Gasteiger partial charge in [-0.2, -0.15) is 0 Å². The minimum Gasteiger partial charge on any atom is -0.491 e. The molecule has 23 heavy (non-hydrogen) atoms. The van der Waals surface area contributed by atoms with E-state index in [4.69, 9.17) is 4.74 Å². The first-order chi connectivity index (χ1) is 11.0. The Morgan fingerprint density at radius 1 is 1.35 bits per heavy atom. The summed E-state index contributed by atoms with van der Waals surface area (Å²) in [5.41, 5.74) is 1.47. The highest BCUT2D eigenvalue weighted by molar-refractivity contribution is 5.77. The summed E-state index contributed by atoms with van der Waals surface area (Å²) in [5.74, 6) is 1.56. The van der Waals surface area contributed by atoms with Gasteiger partial charge in [-0.25, -0.2) is 0 Å². The predicted molar refractivity (Wildman–Crippen MR) is 89.5 cm³/mol. The van der Waals surface area contributed by atoms with Crippen LogP contribution in [-0.4, -0.2) is 41.2 Å². The second-order valence-electron chi connectivity index (χ2n) is 7.33. The third kappa shape index (κ3) is 4.25. The van der Waals surface area contributed by atoms with Crippen LogP contribution in [0.25, 0.3) is 0 Å². The van der Waals surface area contributed by atoms with E-state index >= 15 is 0 Å². The van der Waals surface area contributed by atoms with Crippen molar-refractivity contribution in [3.8, 4) is 5.75 Å². The second kappa shape index (κ2) is 6.52. The SMILES string of the molecule is Cc1ccc(OCC2(O)CCCN(C(=O)CC3CC3)C2)cc1C. The topological polar surface area (TPSA) is 49.8 Å². The van der Waals surface area contributed by atoms with Crippen LogP contribution in [0.3, 0.4) is 0 Å². The van der Waals surface area contributed by atoms with Gasteiger partial charge in [-0.1, -0.05) is 6.07 Å². The lowest BCUT2D eigenvalue weighted by atomic mass is 9.93. The van der Waals surface area contributed by atoms with Crippen LogP contribution in [0.15, 0.2) is 18.2 Å². The molecule has 2 aliphatic rings. The summed E-state index contributed by atoms with van der Waals surface area (Å²) >= 11 is 0. The smallest absolute Gasteiger partial charge is 0.222 e. The Morgan fingerprint density at radius 2 is 2.13 bits per heavy atom. The number of β-amino-alcohol motifs (C(OH)–C–C–N with tert-alkyl or cyclic N) is 1. The maximum Gasteiger partial charge on any atom is 0.222 e. The van der Waals surface area contributed by atoms with Crippen molar-refractivity contribution in [2.24, 2.45) is 5.92 Å². The van der Waals surface area contributed by atoms with Crippen LogP contribution in [0.1, 0.15) is 43.2 Å². The molecule has 1 N–H and O–H groups in total. The van der Waals surface area contributed by atoms with E-state index in [2.05, 4.69) is 13.8 Å². The van der Waals surface area contributed by atoms with Gasteiger partial charge in [-0.3, -0.25) is 4.79 Å². The summed E-state index contributed by atoms with van der Waals surface area (Å²) in [7, 11) is 0. The zero-order valence-electron chi connectivity index (χ0n) is 14.2. The average Bonchev–Trinajstić information content (AvgIpc) is 3.32. The summed E-state index contributed by atoms with van der Waals surface area (Å²) in [6.45, 7) is 5.51. The van der Waals surface area contributed by atoms with Gasteiger partial charge < -0.3 is 14.7 Å². The van der Waals surface area contributed by atoms with E-state index in [1.54, 1.807) is 0 Å². The lowest BCUT2D eigenvalue weighted by molar-refractivity contribution is -0.140. The van der Waals surface area contributed by atoms with Gasteiger partial charge in [0.05, 0.1) is 6.54 Å². The van der Waals surface area contributed by atoms with Crippen LogP contribution in [0.4, 0.5) is 0 Å². The number of nitrogens with zero attached hydrogens (tertiary/aromatic N) is 1. The quantitative estimate of drug-likeness (QED) is 0.908. The number of aliphatic hydroxyl groups is 1. The van der Waals surface area contributed by atoms with Crippen LogP contribution in [0, 0.1) is 19.8 Å². The van der Waals surface area contributed by atoms with Gasteiger partial charge in [0.2, 0.25) is 5.91 Å². The van der Waals surface area contributed by atoms with Crippen molar-refractivity contribution in [2.45, 2.75) is 51.6 Å². The number of ether oxygens (including phenoxy) is 1. The number of piperidine rings is 1. The van der Waals surface area contributed by atoms with Crippen molar-refractivity contribution < 1.29 is 14.6 Å². The number of likely N-dealkylation sites (tertiary alicyclic amines) is 1. The van der Waals surface area contributed by atoms with Crippen molar-refractivity contribution in [1.29, 1.82) is 0 Å². The van der Waals surface area contributed by atoms with Crippen molar-refractivity contribution >= 4 is 5.91 Å². The summed E-state index contributed by atoms with van der Waals surface area (Å²) in [4.78, 5) is 14.1. The highest BCUT2D eigenvalue weighted by atomic mass is 16.5. The van der Waals surface area contributed by atoms with Crippen molar-refractivity contribution in [3.63, 3.8) is 0 Å². The summed E-state index contributed by atoms with van der Waals surface area (Å²) in [5, 5.41) is 10.8. The highest BCUT2D eigenvalue weighted by Gasteiger charge is 2.37. The molecule has 0 bridgehead atoms. The number of hydrogen-bond donors (Lipinski definition) is 1. The molecule has 2 fully saturated rings. The molecule has 1 aromatic rings. The van der Waals surface area contributed by atoms with E-state index in [-0.39, 0.29) is 12.5 Å². The lowest BCUT2D eigenvalue weighted by Crippen LogP contribution is -2.53. The molecule has 126 valence electrons. The normalized spacial score (nSPS) is 24.6. The molecule has 0 aromatic heterocycles. The standard InChI is InChI=1S/C19H27NO3/c1-14-4-7-17(10-15(14)2)23-13-19(22)8-3-9-20(12-19)18(21)11-16-5-6-16/h4,7,10,16,22H,3,5-6,8-9,11-13H2,1-2H3. The lowest BCUT2D eigenvalue weighted by Gasteiger charge is -2.39. The molecule has 3 rings (SSSR count). The van der Waals surface area contributed by atoms with Crippen LogP contribution in [-0.2, 0) is 4.79 Å². The molecule has 4 nitrogen and oxygen atoms in total. The predicted octanol–water partition coefficient (Wildman–Crippen LogP) is 2.84. The van der Waals surface area contributed by atoms with E-state index in [9.17, 15) is 9.90 Å². The molecule has 1 aromatic carbocycles. The third-order valence-corrected chi connectivity index (χ3v) is 5.05. The fourth-order valence-corrected chi connectivity index (χ4v) is 3.16. The van der Waals surface area contributed by atoms with Gasteiger partial charge in [0.15, 0.2) is 0 Å². The average molecular weight is 317 g/mol. The summed E-state index contributed by atoms with van der Waals surface area (Å²) < 4.78 is 5.82. The molecule has 1 unspecified atom stereocenters. The monoisotopic (exact) mass is 317 g/mol. The fraction of sp³-hybridized carbons (Fsp3) is 0.632. The number of hydrogen-bond acceptors (Lipinski definition) is 3.